The molecule has 1 N–H and O–H groups in total. The molecule has 6 nitrogen and oxygen atoms in total. The number of fused-ring (bicyclic) bond motifs is 1. The Hall–Kier alpha value is -4.00. The van der Waals surface area contributed by atoms with E-state index in [0.717, 1.165) is 0 Å². The zero-order chi connectivity index (χ0) is 21.1. The summed E-state index contributed by atoms with van der Waals surface area (Å²) in [5.41, 5.74) is 1.37. The number of methoxy groups -OCH3 is 1. The van der Waals surface area contributed by atoms with Gasteiger partial charge >= 0.3 is 0 Å². The number of hydrogen-bond donors (Lipinski definition) is 1. The minimum absolute atomic E-state index is 0.0362. The lowest BCUT2D eigenvalue weighted by Gasteiger charge is -2.09. The molecule has 2 aromatic carbocycles. The Morgan fingerprint density at radius 2 is 1.97 bits per heavy atom. The zero-order valence-corrected chi connectivity index (χ0v) is 16.3. The largest absolute Gasteiger partial charge is 0.493 e. The molecule has 0 aliphatic rings. The summed E-state index contributed by atoms with van der Waals surface area (Å²) >= 11 is 0. The standard InChI is InChI=1S/C23H18FN3O3/c1-14-17(24)8-6-9-18(14)26-23-16(22(28)27-20-11-3-4-12-25-20)13-15-7-5-10-19(29-2)21(15)30-23/h3-13H,1-2H3,(H,25,27,28). The van der Waals surface area contributed by atoms with Crippen molar-refractivity contribution >= 4 is 28.4 Å². The van der Waals surface area contributed by atoms with E-state index >= 15 is 0 Å². The van der Waals surface area contributed by atoms with Gasteiger partial charge in [0, 0.05) is 17.1 Å². The number of benzene rings is 2. The fourth-order valence-corrected chi connectivity index (χ4v) is 2.98. The number of ether oxygens (including phenoxy) is 1. The van der Waals surface area contributed by atoms with Crippen molar-refractivity contribution in [3.8, 4) is 5.75 Å². The first-order valence-corrected chi connectivity index (χ1v) is 9.20. The van der Waals surface area contributed by atoms with Gasteiger partial charge in [-0.1, -0.05) is 24.3 Å². The predicted molar refractivity (Wildman–Crippen MR) is 111 cm³/mol. The van der Waals surface area contributed by atoms with Crippen LogP contribution >= 0.6 is 0 Å². The molecule has 0 aliphatic carbocycles. The molecule has 0 saturated heterocycles. The predicted octanol–water partition coefficient (Wildman–Crippen LogP) is 4.77. The Labute approximate surface area is 171 Å². The maximum Gasteiger partial charge on any atom is 0.262 e. The molecule has 4 aromatic rings. The van der Waals surface area contributed by atoms with Crippen molar-refractivity contribution in [3.63, 3.8) is 0 Å². The molecule has 150 valence electrons. The molecule has 0 unspecified atom stereocenters. The normalized spacial score (nSPS) is 11.5. The fourth-order valence-electron chi connectivity index (χ4n) is 2.98. The molecule has 2 aromatic heterocycles. The van der Waals surface area contributed by atoms with Crippen LogP contribution in [0.15, 0.2) is 76.3 Å². The molecular weight excluding hydrogens is 385 g/mol. The van der Waals surface area contributed by atoms with Crippen LogP contribution in [0.5, 0.6) is 5.75 Å². The van der Waals surface area contributed by atoms with Crippen LogP contribution in [0.4, 0.5) is 15.9 Å². The lowest BCUT2D eigenvalue weighted by molar-refractivity contribution is 0.102. The van der Waals surface area contributed by atoms with Gasteiger partial charge in [0.1, 0.15) is 17.2 Å². The topological polar surface area (TPSA) is 76.7 Å². The Kier molecular flexibility index (Phi) is 5.26. The van der Waals surface area contributed by atoms with Crippen LogP contribution in [0.2, 0.25) is 0 Å². The van der Waals surface area contributed by atoms with Crippen LogP contribution < -0.4 is 15.6 Å². The maximum absolute atomic E-state index is 14.0. The molecule has 4 rings (SSSR count). The number of carbonyl (C=O) groups is 1. The van der Waals surface area contributed by atoms with E-state index < -0.39 is 11.7 Å². The number of carbonyl (C=O) groups excluding carboxylic acids is 1. The zero-order valence-electron chi connectivity index (χ0n) is 16.3. The number of aromatic nitrogens is 1. The van der Waals surface area contributed by atoms with Gasteiger partial charge in [0.2, 0.25) is 5.55 Å². The van der Waals surface area contributed by atoms with E-state index in [0.29, 0.717) is 33.8 Å². The highest BCUT2D eigenvalue weighted by Crippen LogP contribution is 2.26. The fraction of sp³-hybridized carbons (Fsp3) is 0.0870. The molecular formula is C23H18FN3O3. The molecule has 0 fully saturated rings. The molecule has 0 atom stereocenters. The number of halogens is 1. The number of rotatable bonds is 4. The molecule has 30 heavy (non-hydrogen) atoms. The van der Waals surface area contributed by atoms with Crippen molar-refractivity contribution in [3.05, 3.63) is 89.4 Å². The average Bonchev–Trinajstić information content (AvgIpc) is 2.76. The second kappa shape index (κ2) is 8.16. The number of hydrogen-bond acceptors (Lipinski definition) is 5. The van der Waals surface area contributed by atoms with E-state index in [2.05, 4.69) is 15.3 Å². The Bertz CT molecular complexity index is 1300. The van der Waals surface area contributed by atoms with E-state index in [4.69, 9.17) is 9.15 Å². The van der Waals surface area contributed by atoms with Crippen LogP contribution in [-0.2, 0) is 0 Å². The summed E-state index contributed by atoms with van der Waals surface area (Å²) in [5.74, 6) is 0.0433. The van der Waals surface area contributed by atoms with Gasteiger partial charge in [-0.15, -0.1) is 0 Å². The lowest BCUT2D eigenvalue weighted by atomic mass is 10.1. The van der Waals surface area contributed by atoms with E-state index in [-0.39, 0.29) is 11.1 Å². The van der Waals surface area contributed by atoms with Gasteiger partial charge in [-0.2, -0.15) is 0 Å². The summed E-state index contributed by atoms with van der Waals surface area (Å²) in [6.07, 6.45) is 1.58. The monoisotopic (exact) mass is 403 g/mol. The summed E-state index contributed by atoms with van der Waals surface area (Å²) in [7, 11) is 1.53. The number of anilines is 1. The molecule has 0 saturated carbocycles. The van der Waals surface area contributed by atoms with E-state index in [9.17, 15) is 9.18 Å². The molecule has 2 heterocycles. The summed E-state index contributed by atoms with van der Waals surface area (Å²) in [6.45, 7) is 1.61. The van der Waals surface area contributed by atoms with Crippen molar-refractivity contribution in [2.45, 2.75) is 6.92 Å². The first kappa shape index (κ1) is 19.3. The van der Waals surface area contributed by atoms with E-state index in [1.165, 1.54) is 13.2 Å². The first-order valence-electron chi connectivity index (χ1n) is 9.20. The van der Waals surface area contributed by atoms with Crippen molar-refractivity contribution < 1.29 is 18.3 Å². The minimum atomic E-state index is -0.449. The smallest absolute Gasteiger partial charge is 0.262 e. The lowest BCUT2D eigenvalue weighted by Crippen LogP contribution is -2.22. The minimum Gasteiger partial charge on any atom is -0.493 e. The number of amides is 1. The van der Waals surface area contributed by atoms with Gasteiger partial charge < -0.3 is 14.5 Å². The van der Waals surface area contributed by atoms with Gasteiger partial charge in [-0.3, -0.25) is 4.79 Å². The molecule has 1 amide bonds. The molecule has 0 aliphatic heterocycles. The summed E-state index contributed by atoms with van der Waals surface area (Å²) in [5, 5.41) is 3.39. The average molecular weight is 403 g/mol. The molecule has 7 heteroatoms. The van der Waals surface area contributed by atoms with Crippen LogP contribution in [0.1, 0.15) is 15.9 Å². The SMILES string of the molecule is COc1cccc2cc(C(=O)Nc3ccccn3)c(=Nc3cccc(F)c3C)oc12. The Morgan fingerprint density at radius 1 is 1.13 bits per heavy atom. The van der Waals surface area contributed by atoms with Crippen LogP contribution in [0.3, 0.4) is 0 Å². The van der Waals surface area contributed by atoms with E-state index in [1.54, 1.807) is 67.7 Å². The van der Waals surface area contributed by atoms with Gasteiger partial charge in [0.25, 0.3) is 5.91 Å². The van der Waals surface area contributed by atoms with Crippen molar-refractivity contribution in [1.29, 1.82) is 0 Å². The van der Waals surface area contributed by atoms with Crippen LogP contribution in [0.25, 0.3) is 11.0 Å². The second-order valence-electron chi connectivity index (χ2n) is 6.51. The molecule has 0 spiro atoms. The molecule has 0 radical (unpaired) electrons. The number of nitrogens with one attached hydrogen (secondary N) is 1. The number of pyridine rings is 1. The highest BCUT2D eigenvalue weighted by atomic mass is 19.1. The van der Waals surface area contributed by atoms with Gasteiger partial charge in [0.15, 0.2) is 11.3 Å². The third kappa shape index (κ3) is 3.77. The van der Waals surface area contributed by atoms with Gasteiger partial charge in [-0.25, -0.2) is 14.4 Å². The van der Waals surface area contributed by atoms with Crippen molar-refractivity contribution in [2.75, 3.05) is 12.4 Å². The van der Waals surface area contributed by atoms with Gasteiger partial charge in [0.05, 0.1) is 12.8 Å². The van der Waals surface area contributed by atoms with Crippen LogP contribution in [0, 0.1) is 12.7 Å². The third-order valence-corrected chi connectivity index (χ3v) is 4.57. The molecule has 0 bridgehead atoms. The number of para-hydroxylation sites is 1. The highest BCUT2D eigenvalue weighted by molar-refractivity contribution is 6.05. The summed E-state index contributed by atoms with van der Waals surface area (Å²) < 4.78 is 25.3. The van der Waals surface area contributed by atoms with Crippen LogP contribution in [-0.4, -0.2) is 18.0 Å². The second-order valence-corrected chi connectivity index (χ2v) is 6.51. The number of nitrogens with zero attached hydrogens (tertiary/aromatic N) is 2. The maximum atomic E-state index is 14.0. The Balaban J connectivity index is 1.93. The summed E-state index contributed by atoms with van der Waals surface area (Å²) in [6, 6.07) is 16.7. The van der Waals surface area contributed by atoms with Gasteiger partial charge in [-0.05, 0) is 43.3 Å². The summed E-state index contributed by atoms with van der Waals surface area (Å²) in [4.78, 5) is 21.6. The van der Waals surface area contributed by atoms with Crippen molar-refractivity contribution in [2.24, 2.45) is 4.99 Å². The highest BCUT2D eigenvalue weighted by Gasteiger charge is 2.16. The quantitative estimate of drug-likeness (QED) is 0.533. The first-order chi connectivity index (χ1) is 14.6. The Morgan fingerprint density at radius 3 is 2.73 bits per heavy atom. The van der Waals surface area contributed by atoms with Crippen molar-refractivity contribution in [1.82, 2.24) is 4.98 Å². The third-order valence-electron chi connectivity index (χ3n) is 4.57. The van der Waals surface area contributed by atoms with E-state index in [1.807, 2.05) is 0 Å².